The van der Waals surface area contributed by atoms with Crippen molar-refractivity contribution in [1.82, 2.24) is 9.97 Å². The van der Waals surface area contributed by atoms with Crippen LogP contribution < -0.4 is 4.74 Å². The lowest BCUT2D eigenvalue weighted by molar-refractivity contribution is 0.457. The van der Waals surface area contributed by atoms with Crippen LogP contribution in [0.3, 0.4) is 0 Å². The Hall–Kier alpha value is -1.94. The van der Waals surface area contributed by atoms with E-state index < -0.39 is 0 Å². The van der Waals surface area contributed by atoms with E-state index in [1.165, 1.54) is 0 Å². The number of para-hydroxylation sites is 2. The molecule has 0 aliphatic carbocycles. The predicted molar refractivity (Wildman–Crippen MR) is 88.0 cm³/mol. The molecule has 0 unspecified atom stereocenters. The van der Waals surface area contributed by atoms with Crippen LogP contribution in [0, 0.1) is 20.8 Å². The number of hydrogen-bond acceptors (Lipinski definition) is 3. The van der Waals surface area contributed by atoms with E-state index in [9.17, 15) is 0 Å². The highest BCUT2D eigenvalue weighted by molar-refractivity contribution is 9.10. The van der Waals surface area contributed by atoms with E-state index >= 15 is 0 Å². The molecule has 21 heavy (non-hydrogen) atoms. The van der Waals surface area contributed by atoms with E-state index in [1.807, 2.05) is 57.2 Å². The third kappa shape index (κ3) is 2.76. The van der Waals surface area contributed by atoms with Gasteiger partial charge in [-0.15, -0.1) is 0 Å². The zero-order valence-electron chi connectivity index (χ0n) is 12.1. The zero-order valence-corrected chi connectivity index (χ0v) is 13.7. The van der Waals surface area contributed by atoms with E-state index in [0.717, 1.165) is 38.1 Å². The second-order valence-corrected chi connectivity index (χ2v) is 5.87. The second kappa shape index (κ2) is 5.45. The number of hydrogen-bond donors (Lipinski definition) is 0. The number of aromatic nitrogens is 2. The molecule has 3 aromatic rings. The quantitative estimate of drug-likeness (QED) is 0.649. The van der Waals surface area contributed by atoms with Crippen molar-refractivity contribution in [3.8, 4) is 11.6 Å². The molecule has 0 saturated carbocycles. The monoisotopic (exact) mass is 342 g/mol. The first-order chi connectivity index (χ1) is 10.0. The third-order valence-corrected chi connectivity index (χ3v) is 4.58. The Morgan fingerprint density at radius 1 is 0.905 bits per heavy atom. The van der Waals surface area contributed by atoms with Gasteiger partial charge in [-0.2, -0.15) is 0 Å². The number of nitrogens with zero attached hydrogens (tertiary/aromatic N) is 2. The van der Waals surface area contributed by atoms with E-state index in [2.05, 4.69) is 25.9 Å². The molecule has 0 radical (unpaired) electrons. The fraction of sp³-hybridized carbons (Fsp3) is 0.176. The van der Waals surface area contributed by atoms with Crippen molar-refractivity contribution in [2.75, 3.05) is 0 Å². The van der Waals surface area contributed by atoms with E-state index in [0.29, 0.717) is 5.88 Å². The van der Waals surface area contributed by atoms with Crippen LogP contribution >= 0.6 is 15.9 Å². The van der Waals surface area contributed by atoms with Gasteiger partial charge in [0, 0.05) is 4.47 Å². The summed E-state index contributed by atoms with van der Waals surface area (Å²) in [7, 11) is 0. The molecule has 0 fully saturated rings. The van der Waals surface area contributed by atoms with Crippen LogP contribution in [0.4, 0.5) is 0 Å². The highest BCUT2D eigenvalue weighted by Gasteiger charge is 2.09. The summed E-state index contributed by atoms with van der Waals surface area (Å²) in [5, 5.41) is 0. The SMILES string of the molecule is Cc1cc(Oc2nc3ccccc3nc2C)cc(C)c1Br. The van der Waals surface area contributed by atoms with Crippen LogP contribution in [-0.4, -0.2) is 9.97 Å². The molecule has 2 aromatic carbocycles. The number of aryl methyl sites for hydroxylation is 3. The van der Waals surface area contributed by atoms with Gasteiger partial charge in [-0.05, 0) is 56.2 Å². The van der Waals surface area contributed by atoms with Crippen molar-refractivity contribution in [3.05, 3.63) is 57.7 Å². The average molecular weight is 343 g/mol. The predicted octanol–water partition coefficient (Wildman–Crippen LogP) is 5.11. The summed E-state index contributed by atoms with van der Waals surface area (Å²) >= 11 is 3.56. The van der Waals surface area contributed by atoms with E-state index in [1.54, 1.807) is 0 Å². The van der Waals surface area contributed by atoms with Crippen LogP contribution in [0.5, 0.6) is 11.6 Å². The lowest BCUT2D eigenvalue weighted by Gasteiger charge is -2.11. The second-order valence-electron chi connectivity index (χ2n) is 5.08. The van der Waals surface area contributed by atoms with Crippen molar-refractivity contribution in [2.24, 2.45) is 0 Å². The van der Waals surface area contributed by atoms with Crippen LogP contribution in [0.1, 0.15) is 16.8 Å². The summed E-state index contributed by atoms with van der Waals surface area (Å²) in [5.74, 6) is 1.33. The standard InChI is InChI=1S/C17H15BrN2O/c1-10-8-13(9-11(2)16(10)18)21-17-12(3)19-14-6-4-5-7-15(14)20-17/h4-9H,1-3H3. The average Bonchev–Trinajstić information content (AvgIpc) is 2.45. The molecule has 1 aromatic heterocycles. The van der Waals surface area contributed by atoms with Crippen molar-refractivity contribution in [3.63, 3.8) is 0 Å². The van der Waals surface area contributed by atoms with Gasteiger partial charge in [-0.25, -0.2) is 9.97 Å². The van der Waals surface area contributed by atoms with Gasteiger partial charge < -0.3 is 4.74 Å². The van der Waals surface area contributed by atoms with Gasteiger partial charge in [0.05, 0.1) is 11.0 Å². The number of fused-ring (bicyclic) bond motifs is 1. The van der Waals surface area contributed by atoms with Gasteiger partial charge in [0.25, 0.3) is 0 Å². The van der Waals surface area contributed by atoms with E-state index in [4.69, 9.17) is 4.74 Å². The number of ether oxygens (including phenoxy) is 1. The summed E-state index contributed by atoms with van der Waals surface area (Å²) in [5.41, 5.74) is 4.77. The fourth-order valence-corrected chi connectivity index (χ4v) is 2.47. The van der Waals surface area contributed by atoms with Crippen LogP contribution in [0.15, 0.2) is 40.9 Å². The summed E-state index contributed by atoms with van der Waals surface area (Å²) < 4.78 is 7.05. The Labute approximate surface area is 132 Å². The minimum absolute atomic E-state index is 0.551. The fourth-order valence-electron chi connectivity index (χ4n) is 2.25. The Bertz CT molecular complexity index is 807. The lowest BCUT2D eigenvalue weighted by atomic mass is 10.1. The van der Waals surface area contributed by atoms with Gasteiger partial charge >= 0.3 is 0 Å². The molecule has 106 valence electrons. The molecule has 0 atom stereocenters. The third-order valence-electron chi connectivity index (χ3n) is 3.33. The van der Waals surface area contributed by atoms with Gasteiger partial charge in [0.2, 0.25) is 5.88 Å². The molecule has 0 N–H and O–H groups in total. The van der Waals surface area contributed by atoms with Crippen molar-refractivity contribution in [2.45, 2.75) is 20.8 Å². The van der Waals surface area contributed by atoms with Crippen molar-refractivity contribution in [1.29, 1.82) is 0 Å². The highest BCUT2D eigenvalue weighted by Crippen LogP contribution is 2.30. The molecule has 1 heterocycles. The first-order valence-electron chi connectivity index (χ1n) is 6.72. The maximum Gasteiger partial charge on any atom is 0.241 e. The molecule has 0 aliphatic rings. The molecule has 0 amide bonds. The molecular formula is C17H15BrN2O. The van der Waals surface area contributed by atoms with Gasteiger partial charge in [0.1, 0.15) is 11.4 Å². The molecule has 3 nitrogen and oxygen atoms in total. The first kappa shape index (κ1) is 14.0. The smallest absolute Gasteiger partial charge is 0.241 e. The summed E-state index contributed by atoms with van der Waals surface area (Å²) in [6.45, 7) is 6.00. The lowest BCUT2D eigenvalue weighted by Crippen LogP contribution is -1.96. The number of halogens is 1. The van der Waals surface area contributed by atoms with Gasteiger partial charge in [-0.1, -0.05) is 28.1 Å². The molecule has 0 bridgehead atoms. The minimum Gasteiger partial charge on any atom is -0.437 e. The molecule has 0 spiro atoms. The maximum absolute atomic E-state index is 5.94. The number of rotatable bonds is 2. The normalized spacial score (nSPS) is 10.9. The Kier molecular flexibility index (Phi) is 3.64. The Balaban J connectivity index is 2.03. The molecular weight excluding hydrogens is 328 g/mol. The van der Waals surface area contributed by atoms with Crippen molar-refractivity contribution < 1.29 is 4.74 Å². The van der Waals surface area contributed by atoms with Crippen LogP contribution in [0.2, 0.25) is 0 Å². The number of benzene rings is 2. The first-order valence-corrected chi connectivity index (χ1v) is 7.52. The summed E-state index contributed by atoms with van der Waals surface area (Å²) in [6.07, 6.45) is 0. The zero-order chi connectivity index (χ0) is 15.0. The Morgan fingerprint density at radius 2 is 1.48 bits per heavy atom. The molecule has 0 aliphatic heterocycles. The van der Waals surface area contributed by atoms with E-state index in [-0.39, 0.29) is 0 Å². The van der Waals surface area contributed by atoms with Gasteiger partial charge in [-0.3, -0.25) is 0 Å². The van der Waals surface area contributed by atoms with Crippen LogP contribution in [-0.2, 0) is 0 Å². The minimum atomic E-state index is 0.551. The highest BCUT2D eigenvalue weighted by atomic mass is 79.9. The summed E-state index contributed by atoms with van der Waals surface area (Å²) in [6, 6.07) is 11.8. The van der Waals surface area contributed by atoms with Gasteiger partial charge in [0.15, 0.2) is 0 Å². The largest absolute Gasteiger partial charge is 0.437 e. The summed E-state index contributed by atoms with van der Waals surface area (Å²) in [4.78, 5) is 9.09. The molecule has 0 saturated heterocycles. The van der Waals surface area contributed by atoms with Crippen LogP contribution in [0.25, 0.3) is 11.0 Å². The Morgan fingerprint density at radius 3 is 2.10 bits per heavy atom. The maximum atomic E-state index is 5.94. The van der Waals surface area contributed by atoms with Crippen molar-refractivity contribution >= 4 is 27.0 Å². The topological polar surface area (TPSA) is 35.0 Å². The molecule has 4 heteroatoms. The molecule has 3 rings (SSSR count).